The molecule has 4 heterocycles. The van der Waals surface area contributed by atoms with Crippen LogP contribution in [0, 0.1) is 11.8 Å². The van der Waals surface area contributed by atoms with Crippen molar-refractivity contribution in [3.63, 3.8) is 0 Å². The summed E-state index contributed by atoms with van der Waals surface area (Å²) in [5, 5.41) is 3.26. The van der Waals surface area contributed by atoms with Gasteiger partial charge >= 0.3 is 6.03 Å². The van der Waals surface area contributed by atoms with E-state index in [1.54, 1.807) is 0 Å². The average molecular weight is 587 g/mol. The molecule has 4 aliphatic heterocycles. The summed E-state index contributed by atoms with van der Waals surface area (Å²) in [7, 11) is 0. The lowest BCUT2D eigenvalue weighted by Gasteiger charge is -2.48. The molecule has 4 saturated heterocycles. The lowest BCUT2D eigenvalue weighted by molar-refractivity contribution is -0.130. The number of hydrogen-bond acceptors (Lipinski definition) is 4. The van der Waals surface area contributed by atoms with Gasteiger partial charge in [-0.3, -0.25) is 9.69 Å². The second kappa shape index (κ2) is 12.4. The predicted molar refractivity (Wildman–Crippen MR) is 157 cm³/mol. The summed E-state index contributed by atoms with van der Waals surface area (Å²) < 4.78 is 33.0. The van der Waals surface area contributed by atoms with Crippen LogP contribution in [0.2, 0.25) is 0 Å². The number of benzene rings is 1. The molecule has 7 nitrogen and oxygen atoms in total. The molecule has 5 aliphatic rings. The summed E-state index contributed by atoms with van der Waals surface area (Å²) in [5.74, 6) is -2.54. The van der Waals surface area contributed by atoms with Crippen LogP contribution in [0.25, 0.3) is 0 Å². The maximum absolute atomic E-state index is 13.7. The van der Waals surface area contributed by atoms with Gasteiger partial charge in [-0.15, -0.1) is 0 Å². The quantitative estimate of drug-likeness (QED) is 0.409. The van der Waals surface area contributed by atoms with E-state index in [0.717, 1.165) is 89.9 Å². The summed E-state index contributed by atoms with van der Waals surface area (Å²) in [6.07, 6.45) is 7.25. The summed E-state index contributed by atoms with van der Waals surface area (Å²) in [6.45, 7) is 7.02. The highest BCUT2D eigenvalue weighted by molar-refractivity contribution is 5.79. The number of carbonyl (C=O) groups excluding carboxylic acids is 2. The largest absolute Gasteiger partial charge is 0.381 e. The molecule has 2 bridgehead atoms. The fourth-order valence-corrected chi connectivity index (χ4v) is 8.74. The third kappa shape index (κ3) is 6.19. The molecule has 1 aromatic carbocycles. The lowest BCUT2D eigenvalue weighted by Crippen LogP contribution is -2.58. The van der Waals surface area contributed by atoms with Crippen molar-refractivity contribution < 1.29 is 23.1 Å². The van der Waals surface area contributed by atoms with Crippen molar-refractivity contribution in [1.29, 1.82) is 0 Å². The molecule has 3 atom stereocenters. The predicted octanol–water partition coefficient (Wildman–Crippen LogP) is 5.61. The number of nitrogens with zero attached hydrogens (tertiary/aromatic N) is 3. The minimum Gasteiger partial charge on any atom is -0.381 e. The Kier molecular flexibility index (Phi) is 8.79. The van der Waals surface area contributed by atoms with Gasteiger partial charge in [0.05, 0.1) is 11.6 Å². The summed E-state index contributed by atoms with van der Waals surface area (Å²) >= 11 is 0. The zero-order valence-electron chi connectivity index (χ0n) is 25.1. The molecule has 42 heavy (non-hydrogen) atoms. The molecule has 5 fully saturated rings. The SMILES string of the molecule is CCN1C(=O)N(CC2CCOCC2)CC12CC1CCC(C2)N1CC[C@H](NC(=O)C1CCC(F)(F)CC1)c1ccccc1. The van der Waals surface area contributed by atoms with Gasteiger partial charge in [-0.25, -0.2) is 13.6 Å². The topological polar surface area (TPSA) is 65.1 Å². The average Bonchev–Trinajstić information content (AvgIpc) is 3.38. The minimum atomic E-state index is -2.64. The number of piperidine rings is 1. The third-order valence-corrected chi connectivity index (χ3v) is 11.0. The van der Waals surface area contributed by atoms with E-state index in [0.29, 0.717) is 18.0 Å². The van der Waals surface area contributed by atoms with Gasteiger partial charge in [-0.05, 0) is 76.2 Å². The minimum absolute atomic E-state index is 0.0879. The van der Waals surface area contributed by atoms with E-state index in [9.17, 15) is 18.4 Å². The van der Waals surface area contributed by atoms with Gasteiger partial charge in [0.2, 0.25) is 11.8 Å². The maximum atomic E-state index is 13.7. The number of alkyl halides is 2. The van der Waals surface area contributed by atoms with E-state index < -0.39 is 5.92 Å². The summed E-state index contributed by atoms with van der Waals surface area (Å²) in [6, 6.07) is 11.0. The number of ether oxygens (including phenoxy) is 1. The van der Waals surface area contributed by atoms with E-state index in [1.165, 1.54) is 0 Å². The van der Waals surface area contributed by atoms with E-state index >= 15 is 0 Å². The van der Waals surface area contributed by atoms with Crippen molar-refractivity contribution in [2.75, 3.05) is 39.4 Å². The van der Waals surface area contributed by atoms with Gasteiger partial charge in [0.1, 0.15) is 0 Å². The Bertz CT molecular complexity index is 1070. The fourth-order valence-electron chi connectivity index (χ4n) is 8.74. The Labute approximate surface area is 249 Å². The van der Waals surface area contributed by atoms with E-state index in [-0.39, 0.29) is 55.1 Å². The number of urea groups is 1. The van der Waals surface area contributed by atoms with Crippen LogP contribution < -0.4 is 5.32 Å². The molecule has 0 aromatic heterocycles. The molecule has 232 valence electrons. The van der Waals surface area contributed by atoms with Crippen molar-refractivity contribution in [2.24, 2.45) is 11.8 Å². The van der Waals surface area contributed by atoms with Crippen LogP contribution in [0.1, 0.15) is 89.2 Å². The number of carbonyl (C=O) groups is 2. The van der Waals surface area contributed by atoms with E-state index in [1.807, 2.05) is 18.2 Å². The number of fused-ring (bicyclic) bond motifs is 2. The molecule has 1 aromatic rings. The van der Waals surface area contributed by atoms with Crippen LogP contribution in [0.4, 0.5) is 13.6 Å². The van der Waals surface area contributed by atoms with E-state index in [2.05, 4.69) is 39.1 Å². The lowest BCUT2D eigenvalue weighted by atomic mass is 9.81. The second-order valence-electron chi connectivity index (χ2n) is 13.6. The van der Waals surface area contributed by atoms with Gasteiger partial charge in [-0.2, -0.15) is 0 Å². The first-order valence-corrected chi connectivity index (χ1v) is 16.4. The van der Waals surface area contributed by atoms with Gasteiger partial charge in [0, 0.05) is 70.2 Å². The molecule has 1 aliphatic carbocycles. The van der Waals surface area contributed by atoms with Gasteiger partial charge < -0.3 is 19.9 Å². The number of halogens is 2. The van der Waals surface area contributed by atoms with Crippen LogP contribution in [-0.2, 0) is 9.53 Å². The first kappa shape index (κ1) is 29.8. The number of rotatable bonds is 9. The zero-order chi connectivity index (χ0) is 29.3. The molecule has 9 heteroatoms. The molecule has 1 spiro atoms. The summed E-state index contributed by atoms with van der Waals surface area (Å²) in [4.78, 5) is 33.7. The van der Waals surface area contributed by atoms with Crippen molar-refractivity contribution in [3.8, 4) is 0 Å². The number of likely N-dealkylation sites (N-methyl/N-ethyl adjacent to an activating group) is 1. The molecule has 0 radical (unpaired) electrons. The Hall–Kier alpha value is -2.26. The van der Waals surface area contributed by atoms with Crippen LogP contribution in [0.5, 0.6) is 0 Å². The van der Waals surface area contributed by atoms with E-state index in [4.69, 9.17) is 4.74 Å². The van der Waals surface area contributed by atoms with Crippen LogP contribution in [0.15, 0.2) is 30.3 Å². The van der Waals surface area contributed by atoms with Gasteiger partial charge in [-0.1, -0.05) is 30.3 Å². The van der Waals surface area contributed by atoms with Gasteiger partial charge in [0.15, 0.2) is 0 Å². The normalized spacial score (nSPS) is 31.2. The van der Waals surface area contributed by atoms with Gasteiger partial charge in [0.25, 0.3) is 0 Å². The first-order chi connectivity index (χ1) is 20.3. The molecular weight excluding hydrogens is 538 g/mol. The van der Waals surface area contributed by atoms with Crippen molar-refractivity contribution in [2.45, 2.75) is 107 Å². The monoisotopic (exact) mass is 586 g/mol. The molecule has 1 N–H and O–H groups in total. The van der Waals surface area contributed by atoms with Crippen molar-refractivity contribution in [1.82, 2.24) is 20.0 Å². The summed E-state index contributed by atoms with van der Waals surface area (Å²) in [5.41, 5.74) is 0.977. The van der Waals surface area contributed by atoms with Crippen molar-refractivity contribution in [3.05, 3.63) is 35.9 Å². The Morgan fingerprint density at radius 3 is 2.33 bits per heavy atom. The Morgan fingerprint density at radius 1 is 1.02 bits per heavy atom. The Morgan fingerprint density at radius 2 is 1.69 bits per heavy atom. The highest BCUT2D eigenvalue weighted by atomic mass is 19.3. The molecular formula is C33H48F2N4O3. The number of nitrogens with one attached hydrogen (secondary N) is 1. The number of amides is 3. The highest BCUT2D eigenvalue weighted by Gasteiger charge is 2.56. The smallest absolute Gasteiger partial charge is 0.320 e. The second-order valence-corrected chi connectivity index (χ2v) is 13.6. The molecule has 6 rings (SSSR count). The maximum Gasteiger partial charge on any atom is 0.320 e. The van der Waals surface area contributed by atoms with Crippen LogP contribution in [-0.4, -0.2) is 89.6 Å². The Balaban J connectivity index is 1.10. The first-order valence-electron chi connectivity index (χ1n) is 16.4. The molecule has 2 unspecified atom stereocenters. The van der Waals surface area contributed by atoms with Crippen LogP contribution >= 0.6 is 0 Å². The molecule has 3 amide bonds. The molecule has 1 saturated carbocycles. The van der Waals surface area contributed by atoms with Crippen molar-refractivity contribution >= 4 is 11.9 Å². The number of hydrogen-bond donors (Lipinski definition) is 1. The highest BCUT2D eigenvalue weighted by Crippen LogP contribution is 2.47. The fraction of sp³-hybridized carbons (Fsp3) is 0.758. The standard InChI is InChI=1S/C33H48F2N4O3/c1-2-39-31(41)37(22-24-13-18-42-19-14-24)23-32(39)20-27-8-9-28(21-32)38(27)17-12-29(25-6-4-3-5-7-25)36-30(40)26-10-15-33(34,35)16-11-26/h3-7,24,26-29H,2,8-23H2,1H3,(H,36,40)/t27?,28?,29-,32?/m0/s1. The third-order valence-electron chi connectivity index (χ3n) is 11.0. The zero-order valence-corrected chi connectivity index (χ0v) is 25.1. The van der Waals surface area contributed by atoms with Crippen LogP contribution in [0.3, 0.4) is 0 Å².